The summed E-state index contributed by atoms with van der Waals surface area (Å²) in [6.45, 7) is 0.579. The molecule has 2 unspecified atom stereocenters. The van der Waals surface area contributed by atoms with Crippen molar-refractivity contribution in [3.8, 4) is 0 Å². The molecule has 1 aliphatic heterocycles. The van der Waals surface area contributed by atoms with E-state index in [1.807, 2.05) is 0 Å². The van der Waals surface area contributed by atoms with Crippen molar-refractivity contribution >= 4 is 5.82 Å². The molecule has 1 N–H and O–H groups in total. The standard InChI is InChI=1S/C17H18F3N5O2/c18-17(19,20)14-5-6-15(23-22-14)21-12-8-27-9-13(12)25-16(26)7-10-3-1-2-4-11(10)24-25/h5-7,12-13H,1-4,8-9H2,(H,21,23). The predicted octanol–water partition coefficient (Wildman–Crippen LogP) is 1.98. The van der Waals surface area contributed by atoms with E-state index >= 15 is 0 Å². The number of anilines is 1. The Morgan fingerprint density at radius 2 is 1.96 bits per heavy atom. The average molecular weight is 381 g/mol. The van der Waals surface area contributed by atoms with Crippen molar-refractivity contribution in [2.75, 3.05) is 18.5 Å². The van der Waals surface area contributed by atoms with E-state index in [0.29, 0.717) is 6.61 Å². The van der Waals surface area contributed by atoms with Crippen LogP contribution in [0.25, 0.3) is 0 Å². The Morgan fingerprint density at radius 1 is 1.15 bits per heavy atom. The molecule has 0 radical (unpaired) electrons. The fraction of sp³-hybridized carbons (Fsp3) is 0.529. The second-order valence-corrected chi connectivity index (χ2v) is 6.76. The van der Waals surface area contributed by atoms with Gasteiger partial charge in [0.1, 0.15) is 11.9 Å². The quantitative estimate of drug-likeness (QED) is 0.876. The highest BCUT2D eigenvalue weighted by Gasteiger charge is 2.34. The molecule has 0 amide bonds. The van der Waals surface area contributed by atoms with Crippen LogP contribution in [0.4, 0.5) is 19.0 Å². The van der Waals surface area contributed by atoms with Crippen molar-refractivity contribution in [1.29, 1.82) is 0 Å². The summed E-state index contributed by atoms with van der Waals surface area (Å²) in [5, 5.41) is 14.3. The number of aryl methyl sites for hydroxylation is 2. The first-order chi connectivity index (χ1) is 12.9. The maximum Gasteiger partial charge on any atom is 0.435 e. The minimum absolute atomic E-state index is 0.189. The Bertz CT molecular complexity index is 882. The maximum absolute atomic E-state index is 12.6. The zero-order valence-electron chi connectivity index (χ0n) is 14.4. The van der Waals surface area contributed by atoms with Gasteiger partial charge in [-0.2, -0.15) is 18.3 Å². The number of aromatic nitrogens is 4. The molecule has 0 spiro atoms. The van der Waals surface area contributed by atoms with Gasteiger partial charge in [0.05, 0.1) is 24.9 Å². The van der Waals surface area contributed by atoms with Crippen LogP contribution in [0.1, 0.15) is 35.8 Å². The second kappa shape index (κ2) is 6.91. The smallest absolute Gasteiger partial charge is 0.377 e. The highest BCUT2D eigenvalue weighted by atomic mass is 19.4. The summed E-state index contributed by atoms with van der Waals surface area (Å²) in [7, 11) is 0. The van der Waals surface area contributed by atoms with Gasteiger partial charge in [-0.15, -0.1) is 10.2 Å². The van der Waals surface area contributed by atoms with Gasteiger partial charge in [-0.3, -0.25) is 4.79 Å². The number of nitrogens with one attached hydrogen (secondary N) is 1. The molecule has 0 saturated carbocycles. The Morgan fingerprint density at radius 3 is 2.70 bits per heavy atom. The molecule has 27 heavy (non-hydrogen) atoms. The Labute approximate surface area is 152 Å². The van der Waals surface area contributed by atoms with Gasteiger partial charge < -0.3 is 10.1 Å². The molecular formula is C17H18F3N5O2. The molecule has 2 aromatic heterocycles. The normalized spacial score (nSPS) is 22.5. The molecule has 7 nitrogen and oxygen atoms in total. The third kappa shape index (κ3) is 3.66. The number of halogens is 3. The molecule has 1 fully saturated rings. The zero-order valence-corrected chi connectivity index (χ0v) is 14.4. The lowest BCUT2D eigenvalue weighted by molar-refractivity contribution is -0.141. The molecule has 0 aromatic carbocycles. The van der Waals surface area contributed by atoms with Crippen molar-refractivity contribution in [2.24, 2.45) is 0 Å². The van der Waals surface area contributed by atoms with E-state index in [1.165, 1.54) is 10.7 Å². The number of rotatable bonds is 3. The van der Waals surface area contributed by atoms with E-state index in [0.717, 1.165) is 43.0 Å². The topological polar surface area (TPSA) is 81.9 Å². The van der Waals surface area contributed by atoms with Crippen LogP contribution in [-0.4, -0.2) is 39.2 Å². The van der Waals surface area contributed by atoms with Crippen molar-refractivity contribution in [3.05, 3.63) is 45.5 Å². The molecule has 2 atom stereocenters. The van der Waals surface area contributed by atoms with Crippen LogP contribution < -0.4 is 10.9 Å². The van der Waals surface area contributed by atoms with Crippen LogP contribution >= 0.6 is 0 Å². The van der Waals surface area contributed by atoms with Crippen molar-refractivity contribution in [1.82, 2.24) is 20.0 Å². The van der Waals surface area contributed by atoms with E-state index in [-0.39, 0.29) is 30.1 Å². The number of hydrogen-bond acceptors (Lipinski definition) is 6. The lowest BCUT2D eigenvalue weighted by Crippen LogP contribution is -2.38. The third-order valence-electron chi connectivity index (χ3n) is 4.89. The summed E-state index contributed by atoms with van der Waals surface area (Å²) in [5.74, 6) is 0.189. The van der Waals surface area contributed by atoms with Gasteiger partial charge in [-0.05, 0) is 43.4 Å². The lowest BCUT2D eigenvalue weighted by atomic mass is 9.97. The average Bonchev–Trinajstić information content (AvgIpc) is 3.08. The van der Waals surface area contributed by atoms with Crippen LogP contribution in [-0.2, 0) is 23.8 Å². The number of ether oxygens (including phenoxy) is 1. The SMILES string of the molecule is O=c1cc2c(nn1C1COCC1Nc1ccc(C(F)(F)F)nn1)CCCC2. The molecule has 10 heteroatoms. The molecule has 0 bridgehead atoms. The minimum Gasteiger partial charge on any atom is -0.377 e. The fourth-order valence-corrected chi connectivity index (χ4v) is 3.49. The van der Waals surface area contributed by atoms with E-state index in [1.54, 1.807) is 6.07 Å². The Balaban J connectivity index is 1.55. The Kier molecular flexibility index (Phi) is 4.58. The minimum atomic E-state index is -4.54. The summed E-state index contributed by atoms with van der Waals surface area (Å²) in [6.07, 6.45) is -0.734. The van der Waals surface area contributed by atoms with Crippen LogP contribution in [0.3, 0.4) is 0 Å². The summed E-state index contributed by atoms with van der Waals surface area (Å²) in [5.41, 5.74) is 0.677. The van der Waals surface area contributed by atoms with Crippen molar-refractivity contribution in [3.63, 3.8) is 0 Å². The number of nitrogens with zero attached hydrogens (tertiary/aromatic N) is 4. The molecule has 4 rings (SSSR count). The molecule has 144 valence electrons. The van der Waals surface area contributed by atoms with Gasteiger partial charge >= 0.3 is 6.18 Å². The van der Waals surface area contributed by atoms with Crippen LogP contribution in [0.2, 0.25) is 0 Å². The first-order valence-corrected chi connectivity index (χ1v) is 8.78. The van der Waals surface area contributed by atoms with Gasteiger partial charge in [0.2, 0.25) is 0 Å². The maximum atomic E-state index is 12.6. The highest BCUT2D eigenvalue weighted by molar-refractivity contribution is 5.35. The van der Waals surface area contributed by atoms with Crippen LogP contribution in [0.15, 0.2) is 23.0 Å². The number of hydrogen-bond donors (Lipinski definition) is 1. The monoisotopic (exact) mass is 381 g/mol. The largest absolute Gasteiger partial charge is 0.435 e. The molecule has 1 saturated heterocycles. The molecule has 2 aromatic rings. The first kappa shape index (κ1) is 17.9. The molecule has 3 heterocycles. The van der Waals surface area contributed by atoms with Crippen molar-refractivity contribution < 1.29 is 17.9 Å². The van der Waals surface area contributed by atoms with Gasteiger partial charge in [0, 0.05) is 6.07 Å². The summed E-state index contributed by atoms with van der Waals surface area (Å²) in [6, 6.07) is 3.00. The number of fused-ring (bicyclic) bond motifs is 1. The summed E-state index contributed by atoms with van der Waals surface area (Å²) >= 11 is 0. The van der Waals surface area contributed by atoms with Crippen LogP contribution in [0, 0.1) is 0 Å². The number of alkyl halides is 3. The zero-order chi connectivity index (χ0) is 19.0. The van der Waals surface area contributed by atoms with Gasteiger partial charge in [0.15, 0.2) is 5.69 Å². The second-order valence-electron chi connectivity index (χ2n) is 6.76. The highest BCUT2D eigenvalue weighted by Crippen LogP contribution is 2.28. The van der Waals surface area contributed by atoms with E-state index < -0.39 is 11.9 Å². The van der Waals surface area contributed by atoms with E-state index in [4.69, 9.17) is 4.74 Å². The van der Waals surface area contributed by atoms with Crippen molar-refractivity contribution in [2.45, 2.75) is 43.9 Å². The Hall–Kier alpha value is -2.49. The molecular weight excluding hydrogens is 363 g/mol. The van der Waals surface area contributed by atoms with Gasteiger partial charge in [-0.25, -0.2) is 4.68 Å². The molecule has 2 aliphatic rings. The van der Waals surface area contributed by atoms with E-state index in [2.05, 4.69) is 20.6 Å². The fourth-order valence-electron chi connectivity index (χ4n) is 3.49. The predicted molar refractivity (Wildman–Crippen MR) is 89.4 cm³/mol. The van der Waals surface area contributed by atoms with Gasteiger partial charge in [0.25, 0.3) is 5.56 Å². The summed E-state index contributed by atoms with van der Waals surface area (Å²) in [4.78, 5) is 12.5. The third-order valence-corrected chi connectivity index (χ3v) is 4.89. The molecule has 1 aliphatic carbocycles. The van der Waals surface area contributed by atoms with Crippen LogP contribution in [0.5, 0.6) is 0 Å². The van der Waals surface area contributed by atoms with E-state index in [9.17, 15) is 18.0 Å². The lowest BCUT2D eigenvalue weighted by Gasteiger charge is -2.23. The van der Waals surface area contributed by atoms with Gasteiger partial charge in [-0.1, -0.05) is 0 Å². The summed E-state index contributed by atoms with van der Waals surface area (Å²) < 4.78 is 44.7. The first-order valence-electron chi connectivity index (χ1n) is 8.78.